The Hall–Kier alpha value is -0.610. The summed E-state index contributed by atoms with van der Waals surface area (Å²) >= 11 is 0. The van der Waals surface area contributed by atoms with Crippen LogP contribution in [0.3, 0.4) is 0 Å². The number of likely N-dealkylation sites (N-methyl/N-ethyl adjacent to an activating group) is 1. The van der Waals surface area contributed by atoms with Crippen LogP contribution in [0, 0.1) is 0 Å². The molecular formula is C13H26N2O2. The van der Waals surface area contributed by atoms with Gasteiger partial charge in [-0.3, -0.25) is 4.79 Å². The zero-order valence-corrected chi connectivity index (χ0v) is 11.3. The van der Waals surface area contributed by atoms with Gasteiger partial charge in [-0.15, -0.1) is 0 Å². The minimum absolute atomic E-state index is 0.0506. The molecule has 4 heteroatoms. The molecule has 0 bridgehead atoms. The van der Waals surface area contributed by atoms with Crippen molar-refractivity contribution >= 4 is 5.91 Å². The summed E-state index contributed by atoms with van der Waals surface area (Å²) in [6.07, 6.45) is 4.97. The molecule has 3 atom stereocenters. The third-order valence-corrected chi connectivity index (χ3v) is 3.77. The summed E-state index contributed by atoms with van der Waals surface area (Å²) in [6.45, 7) is 3.80. The number of aliphatic hydroxyl groups is 1. The Morgan fingerprint density at radius 2 is 2.06 bits per heavy atom. The van der Waals surface area contributed by atoms with Crippen molar-refractivity contribution in [2.75, 3.05) is 7.05 Å². The molecule has 0 spiro atoms. The molecule has 1 saturated carbocycles. The first kappa shape index (κ1) is 14.5. The summed E-state index contributed by atoms with van der Waals surface area (Å²) in [6, 6.07) is -0.0593. The van der Waals surface area contributed by atoms with Crippen molar-refractivity contribution < 1.29 is 9.90 Å². The molecule has 0 aliphatic heterocycles. The minimum atomic E-state index is -0.805. The van der Waals surface area contributed by atoms with Crippen molar-refractivity contribution in [1.82, 2.24) is 4.90 Å². The van der Waals surface area contributed by atoms with Crippen molar-refractivity contribution in [2.45, 2.75) is 70.1 Å². The first-order valence-corrected chi connectivity index (χ1v) is 6.64. The maximum Gasteiger partial charge on any atom is 0.242 e. The molecule has 1 aliphatic rings. The molecule has 0 saturated heterocycles. The third kappa shape index (κ3) is 3.42. The van der Waals surface area contributed by atoms with Crippen LogP contribution in [0.1, 0.15) is 52.4 Å². The highest BCUT2D eigenvalue weighted by molar-refractivity contribution is 5.85. The predicted molar refractivity (Wildman–Crippen MR) is 68.5 cm³/mol. The van der Waals surface area contributed by atoms with Crippen molar-refractivity contribution in [2.24, 2.45) is 5.73 Å². The average Bonchev–Trinajstić information content (AvgIpc) is 2.27. The molecule has 1 rings (SSSR count). The highest BCUT2D eigenvalue weighted by Gasteiger charge is 2.36. The van der Waals surface area contributed by atoms with Crippen molar-refractivity contribution in [1.29, 1.82) is 0 Å². The number of carbonyl (C=O) groups excluding carboxylic acids is 1. The summed E-state index contributed by atoms with van der Waals surface area (Å²) in [5.74, 6) is -0.0506. The summed E-state index contributed by atoms with van der Waals surface area (Å²) < 4.78 is 0. The van der Waals surface area contributed by atoms with Crippen molar-refractivity contribution in [3.8, 4) is 0 Å². The second kappa shape index (κ2) is 5.83. The quantitative estimate of drug-likeness (QED) is 0.780. The van der Waals surface area contributed by atoms with Gasteiger partial charge in [0.1, 0.15) is 0 Å². The Kier molecular flexibility index (Phi) is 4.95. The van der Waals surface area contributed by atoms with Crippen LogP contribution in [0.25, 0.3) is 0 Å². The summed E-state index contributed by atoms with van der Waals surface area (Å²) in [4.78, 5) is 14.0. The maximum absolute atomic E-state index is 12.3. The summed E-state index contributed by atoms with van der Waals surface area (Å²) in [7, 11) is 1.77. The molecule has 0 heterocycles. The van der Waals surface area contributed by atoms with E-state index in [1.807, 2.05) is 6.92 Å². The lowest BCUT2D eigenvalue weighted by Crippen LogP contribution is -2.57. The number of nitrogens with two attached hydrogens (primary N) is 1. The normalized spacial score (nSPS) is 28.5. The Bertz CT molecular complexity index is 266. The number of hydrogen-bond donors (Lipinski definition) is 2. The van der Waals surface area contributed by atoms with Gasteiger partial charge in [0, 0.05) is 7.05 Å². The van der Waals surface area contributed by atoms with Crippen LogP contribution in [-0.2, 0) is 4.79 Å². The minimum Gasteiger partial charge on any atom is -0.391 e. The highest BCUT2D eigenvalue weighted by atomic mass is 16.3. The van der Waals surface area contributed by atoms with E-state index in [9.17, 15) is 9.90 Å². The van der Waals surface area contributed by atoms with E-state index in [1.54, 1.807) is 18.9 Å². The Labute approximate surface area is 104 Å². The van der Waals surface area contributed by atoms with E-state index in [4.69, 9.17) is 5.73 Å². The number of hydrogen-bond acceptors (Lipinski definition) is 3. The van der Waals surface area contributed by atoms with Crippen molar-refractivity contribution in [3.63, 3.8) is 0 Å². The molecule has 0 aromatic rings. The van der Waals surface area contributed by atoms with Crippen LogP contribution in [0.15, 0.2) is 0 Å². The molecule has 3 N–H and O–H groups in total. The van der Waals surface area contributed by atoms with Gasteiger partial charge in [0.15, 0.2) is 0 Å². The molecule has 17 heavy (non-hydrogen) atoms. The predicted octanol–water partition coefficient (Wildman–Crippen LogP) is 1.27. The molecule has 1 fully saturated rings. The molecule has 1 aliphatic carbocycles. The molecule has 0 aromatic carbocycles. The van der Waals surface area contributed by atoms with E-state index in [0.29, 0.717) is 6.42 Å². The van der Waals surface area contributed by atoms with Crippen LogP contribution in [-0.4, -0.2) is 40.6 Å². The zero-order valence-electron chi connectivity index (χ0n) is 11.3. The SMILES string of the molecule is CCCC(C)(N)C(=O)N(C)C1CCCCC1O. The molecule has 0 aromatic heterocycles. The van der Waals surface area contributed by atoms with E-state index in [2.05, 4.69) is 0 Å². The van der Waals surface area contributed by atoms with Crippen LogP contribution in [0.5, 0.6) is 0 Å². The van der Waals surface area contributed by atoms with Crippen LogP contribution < -0.4 is 5.73 Å². The molecule has 3 unspecified atom stereocenters. The topological polar surface area (TPSA) is 66.6 Å². The van der Waals surface area contributed by atoms with Gasteiger partial charge in [-0.25, -0.2) is 0 Å². The van der Waals surface area contributed by atoms with Gasteiger partial charge in [-0.1, -0.05) is 26.2 Å². The van der Waals surface area contributed by atoms with E-state index < -0.39 is 11.6 Å². The van der Waals surface area contributed by atoms with E-state index in [-0.39, 0.29) is 11.9 Å². The van der Waals surface area contributed by atoms with E-state index in [1.165, 1.54) is 0 Å². The molecule has 100 valence electrons. The van der Waals surface area contributed by atoms with Gasteiger partial charge in [-0.2, -0.15) is 0 Å². The number of nitrogens with zero attached hydrogens (tertiary/aromatic N) is 1. The standard InChI is InChI=1S/C13H26N2O2/c1-4-9-13(2,14)12(17)15(3)10-7-5-6-8-11(10)16/h10-11,16H,4-9,14H2,1-3H3. The fourth-order valence-electron chi connectivity index (χ4n) is 2.72. The maximum atomic E-state index is 12.3. The van der Waals surface area contributed by atoms with Gasteiger partial charge < -0.3 is 15.7 Å². The lowest BCUT2D eigenvalue weighted by molar-refractivity contribution is -0.140. The van der Waals surface area contributed by atoms with Crippen molar-refractivity contribution in [3.05, 3.63) is 0 Å². The smallest absolute Gasteiger partial charge is 0.242 e. The molecule has 0 radical (unpaired) electrons. The molecular weight excluding hydrogens is 216 g/mol. The first-order valence-electron chi connectivity index (χ1n) is 6.64. The zero-order chi connectivity index (χ0) is 13.1. The van der Waals surface area contributed by atoms with Gasteiger partial charge in [0.25, 0.3) is 0 Å². The van der Waals surface area contributed by atoms with Crippen LogP contribution in [0.4, 0.5) is 0 Å². The van der Waals surface area contributed by atoms with Gasteiger partial charge in [0.05, 0.1) is 17.7 Å². The third-order valence-electron chi connectivity index (χ3n) is 3.77. The highest BCUT2D eigenvalue weighted by Crippen LogP contribution is 2.24. The Morgan fingerprint density at radius 1 is 1.47 bits per heavy atom. The number of carbonyl (C=O) groups is 1. The van der Waals surface area contributed by atoms with Gasteiger partial charge >= 0.3 is 0 Å². The molecule has 1 amide bonds. The fraction of sp³-hybridized carbons (Fsp3) is 0.923. The summed E-state index contributed by atoms with van der Waals surface area (Å²) in [5, 5.41) is 9.95. The summed E-state index contributed by atoms with van der Waals surface area (Å²) in [5.41, 5.74) is 5.25. The second-order valence-electron chi connectivity index (χ2n) is 5.50. The van der Waals surface area contributed by atoms with Crippen LogP contribution in [0.2, 0.25) is 0 Å². The average molecular weight is 242 g/mol. The Balaban J connectivity index is 2.67. The number of aliphatic hydroxyl groups excluding tert-OH is 1. The fourth-order valence-corrected chi connectivity index (χ4v) is 2.72. The second-order valence-corrected chi connectivity index (χ2v) is 5.50. The number of amides is 1. The van der Waals surface area contributed by atoms with E-state index in [0.717, 1.165) is 32.1 Å². The lowest BCUT2D eigenvalue weighted by atomic mass is 9.89. The van der Waals surface area contributed by atoms with Gasteiger partial charge in [-0.05, 0) is 26.2 Å². The van der Waals surface area contributed by atoms with E-state index >= 15 is 0 Å². The Morgan fingerprint density at radius 3 is 2.59 bits per heavy atom. The largest absolute Gasteiger partial charge is 0.391 e. The molecule has 4 nitrogen and oxygen atoms in total. The first-order chi connectivity index (χ1) is 7.90. The number of rotatable bonds is 4. The monoisotopic (exact) mass is 242 g/mol. The van der Waals surface area contributed by atoms with Gasteiger partial charge in [0.2, 0.25) is 5.91 Å². The lowest BCUT2D eigenvalue weighted by Gasteiger charge is -2.39. The van der Waals surface area contributed by atoms with Crippen LogP contribution >= 0.6 is 0 Å².